The topological polar surface area (TPSA) is 38.7 Å². The Balaban J connectivity index is 0.000000194. The summed E-state index contributed by atoms with van der Waals surface area (Å²) in [7, 11) is 1.54. The first-order valence-corrected chi connectivity index (χ1v) is 7.09. The van der Waals surface area contributed by atoms with Crippen molar-refractivity contribution < 1.29 is 14.6 Å². The lowest BCUT2D eigenvalue weighted by molar-refractivity contribution is 0.333. The van der Waals surface area contributed by atoms with Crippen molar-refractivity contribution >= 4 is 0 Å². The number of aromatic hydroxyl groups is 1. The van der Waals surface area contributed by atoms with Gasteiger partial charge in [0.1, 0.15) is 5.75 Å². The van der Waals surface area contributed by atoms with Crippen LogP contribution in [0.25, 0.3) is 0 Å². The van der Waals surface area contributed by atoms with Gasteiger partial charge in [0.2, 0.25) is 0 Å². The molecule has 0 spiro atoms. The van der Waals surface area contributed by atoms with Crippen molar-refractivity contribution in [2.24, 2.45) is 0 Å². The van der Waals surface area contributed by atoms with E-state index in [1.807, 2.05) is 25.1 Å². The molecular formula is C18H22O3. The van der Waals surface area contributed by atoms with Gasteiger partial charge in [0, 0.05) is 23.1 Å². The Bertz CT molecular complexity index is 606. The van der Waals surface area contributed by atoms with Crippen molar-refractivity contribution in [1.82, 2.24) is 0 Å². The van der Waals surface area contributed by atoms with Gasteiger partial charge in [-0.2, -0.15) is 0 Å². The first-order chi connectivity index (χ1) is 10.0. The maximum atomic E-state index is 9.80. The maximum Gasteiger partial charge on any atom is 0.164 e. The third-order valence-corrected chi connectivity index (χ3v) is 3.66. The predicted molar refractivity (Wildman–Crippen MR) is 84.5 cm³/mol. The summed E-state index contributed by atoms with van der Waals surface area (Å²) in [4.78, 5) is 0. The molecule has 21 heavy (non-hydrogen) atoms. The smallest absolute Gasteiger partial charge is 0.164 e. The van der Waals surface area contributed by atoms with E-state index in [2.05, 4.69) is 26.0 Å². The Kier molecular flexibility index (Phi) is 4.73. The third-order valence-electron chi connectivity index (χ3n) is 3.66. The van der Waals surface area contributed by atoms with E-state index in [-0.39, 0.29) is 5.75 Å². The van der Waals surface area contributed by atoms with Crippen LogP contribution < -0.4 is 9.47 Å². The fourth-order valence-corrected chi connectivity index (χ4v) is 2.48. The van der Waals surface area contributed by atoms with Gasteiger partial charge in [-0.15, -0.1) is 0 Å². The highest BCUT2D eigenvalue weighted by atomic mass is 16.5. The summed E-state index contributed by atoms with van der Waals surface area (Å²) in [6, 6.07) is 12.0. The van der Waals surface area contributed by atoms with Crippen LogP contribution in [0.5, 0.6) is 17.2 Å². The minimum Gasteiger partial charge on any atom is -0.504 e. The average Bonchev–Trinajstić information content (AvgIpc) is 2.85. The summed E-state index contributed by atoms with van der Waals surface area (Å²) in [5.74, 6) is 1.89. The summed E-state index contributed by atoms with van der Waals surface area (Å²) in [5, 5.41) is 9.80. The molecule has 1 aliphatic heterocycles. The van der Waals surface area contributed by atoms with Gasteiger partial charge in [-0.25, -0.2) is 0 Å². The van der Waals surface area contributed by atoms with Crippen LogP contribution in [0.15, 0.2) is 36.4 Å². The minimum absolute atomic E-state index is 0.226. The number of benzene rings is 2. The van der Waals surface area contributed by atoms with E-state index in [0.29, 0.717) is 18.3 Å². The van der Waals surface area contributed by atoms with Crippen molar-refractivity contribution in [2.75, 3.05) is 13.7 Å². The predicted octanol–water partition coefficient (Wildman–Crippen LogP) is 4.20. The molecule has 3 heteroatoms. The first-order valence-electron chi connectivity index (χ1n) is 7.09. The Morgan fingerprint density at radius 1 is 1.19 bits per heavy atom. The van der Waals surface area contributed by atoms with Gasteiger partial charge in [0.25, 0.3) is 0 Å². The molecule has 3 rings (SSSR count). The van der Waals surface area contributed by atoms with Crippen LogP contribution in [-0.2, 0) is 0 Å². The van der Waals surface area contributed by atoms with Gasteiger partial charge in [0.05, 0.1) is 13.7 Å². The summed E-state index contributed by atoms with van der Waals surface area (Å²) in [6.07, 6.45) is 0. The molecule has 0 aromatic heterocycles. The van der Waals surface area contributed by atoms with E-state index in [9.17, 15) is 5.11 Å². The second-order valence-corrected chi connectivity index (χ2v) is 5.33. The Morgan fingerprint density at radius 3 is 2.38 bits per heavy atom. The van der Waals surface area contributed by atoms with Crippen LogP contribution in [0.3, 0.4) is 0 Å². The molecular weight excluding hydrogens is 264 g/mol. The molecule has 0 bridgehead atoms. The fourth-order valence-electron chi connectivity index (χ4n) is 2.48. The zero-order valence-corrected chi connectivity index (χ0v) is 13.0. The lowest BCUT2D eigenvalue weighted by atomic mass is 9.97. The molecule has 1 heterocycles. The van der Waals surface area contributed by atoms with E-state index in [1.54, 1.807) is 13.2 Å². The summed E-state index contributed by atoms with van der Waals surface area (Å²) in [5.41, 5.74) is 3.29. The standard InChI is InChI=1S/C11H14O3.C7H8/c1-6-5-14-8-4-9(13-3)11(12)7(2)10(6)8;1-7-5-3-2-4-6-7/h4,6,12H,5H2,1-3H3;2-6H,1H3/t6-;/m0./s1. The highest BCUT2D eigenvalue weighted by molar-refractivity contribution is 5.58. The number of ether oxygens (including phenoxy) is 2. The normalized spacial score (nSPS) is 15.5. The molecule has 0 saturated heterocycles. The summed E-state index contributed by atoms with van der Waals surface area (Å²) < 4.78 is 10.6. The zero-order chi connectivity index (χ0) is 15.4. The molecule has 0 aliphatic carbocycles. The Morgan fingerprint density at radius 2 is 1.86 bits per heavy atom. The number of phenols is 1. The third kappa shape index (κ3) is 3.30. The van der Waals surface area contributed by atoms with Gasteiger partial charge >= 0.3 is 0 Å². The highest BCUT2D eigenvalue weighted by Gasteiger charge is 2.26. The number of fused-ring (bicyclic) bond motifs is 1. The van der Waals surface area contributed by atoms with Crippen LogP contribution in [0.1, 0.15) is 29.5 Å². The van der Waals surface area contributed by atoms with E-state index >= 15 is 0 Å². The molecule has 2 aromatic rings. The van der Waals surface area contributed by atoms with Crippen LogP contribution >= 0.6 is 0 Å². The van der Waals surface area contributed by atoms with Crippen LogP contribution in [0.4, 0.5) is 0 Å². The van der Waals surface area contributed by atoms with Gasteiger partial charge in [-0.3, -0.25) is 0 Å². The molecule has 112 valence electrons. The molecule has 2 aromatic carbocycles. The Hall–Kier alpha value is -2.16. The fraction of sp³-hybridized carbons (Fsp3) is 0.333. The van der Waals surface area contributed by atoms with E-state index in [4.69, 9.17) is 9.47 Å². The number of hydrogen-bond donors (Lipinski definition) is 1. The Labute approximate surface area is 126 Å². The van der Waals surface area contributed by atoms with Gasteiger partial charge in [-0.05, 0) is 13.8 Å². The molecule has 3 nitrogen and oxygen atoms in total. The van der Waals surface area contributed by atoms with Gasteiger partial charge in [-0.1, -0.05) is 42.8 Å². The molecule has 0 amide bonds. The lowest BCUT2D eigenvalue weighted by Crippen LogP contribution is -1.95. The van der Waals surface area contributed by atoms with E-state index < -0.39 is 0 Å². The average molecular weight is 286 g/mol. The van der Waals surface area contributed by atoms with Crippen molar-refractivity contribution in [1.29, 1.82) is 0 Å². The minimum atomic E-state index is 0.226. The molecule has 0 unspecified atom stereocenters. The number of phenolic OH excluding ortho intramolecular Hbond substituents is 1. The first kappa shape index (κ1) is 15.2. The monoisotopic (exact) mass is 286 g/mol. The molecule has 0 saturated carbocycles. The van der Waals surface area contributed by atoms with Gasteiger partial charge in [0.15, 0.2) is 11.5 Å². The summed E-state index contributed by atoms with van der Waals surface area (Å²) in [6.45, 7) is 6.75. The molecule has 0 fully saturated rings. The maximum absolute atomic E-state index is 9.80. The summed E-state index contributed by atoms with van der Waals surface area (Å²) >= 11 is 0. The van der Waals surface area contributed by atoms with Crippen molar-refractivity contribution in [3.05, 3.63) is 53.1 Å². The highest BCUT2D eigenvalue weighted by Crippen LogP contribution is 2.44. The SMILES string of the molecule is COc1cc2c(c(C)c1O)[C@@H](C)CO2.Cc1ccccc1. The van der Waals surface area contributed by atoms with E-state index in [0.717, 1.165) is 16.9 Å². The molecule has 1 N–H and O–H groups in total. The molecule has 1 aliphatic rings. The zero-order valence-electron chi connectivity index (χ0n) is 13.0. The van der Waals surface area contributed by atoms with Crippen LogP contribution in [0.2, 0.25) is 0 Å². The van der Waals surface area contributed by atoms with Crippen LogP contribution in [-0.4, -0.2) is 18.8 Å². The second-order valence-electron chi connectivity index (χ2n) is 5.33. The van der Waals surface area contributed by atoms with E-state index in [1.165, 1.54) is 5.56 Å². The van der Waals surface area contributed by atoms with Crippen molar-refractivity contribution in [3.8, 4) is 17.2 Å². The number of hydrogen-bond acceptors (Lipinski definition) is 3. The van der Waals surface area contributed by atoms with Gasteiger partial charge < -0.3 is 14.6 Å². The number of rotatable bonds is 1. The van der Waals surface area contributed by atoms with Crippen molar-refractivity contribution in [3.63, 3.8) is 0 Å². The molecule has 1 atom stereocenters. The number of aryl methyl sites for hydroxylation is 1. The quantitative estimate of drug-likeness (QED) is 0.854. The molecule has 0 radical (unpaired) electrons. The van der Waals surface area contributed by atoms with Crippen LogP contribution in [0, 0.1) is 13.8 Å². The second kappa shape index (κ2) is 6.53. The lowest BCUT2D eigenvalue weighted by Gasteiger charge is -2.11. The number of methoxy groups -OCH3 is 1. The largest absolute Gasteiger partial charge is 0.504 e. The van der Waals surface area contributed by atoms with Crippen molar-refractivity contribution in [2.45, 2.75) is 26.7 Å².